The molecule has 0 aliphatic carbocycles. The minimum Gasteiger partial charge on any atom is -0.632 e. The third kappa shape index (κ3) is 2.65. The van der Waals surface area contributed by atoms with Crippen LogP contribution in [-0.4, -0.2) is 10.7 Å². The number of hydrogen-bond acceptors (Lipinski definition) is 2. The maximum atomic E-state index is 9.85. The minimum absolute atomic E-state index is 0.457. The quantitative estimate of drug-likeness (QED) is 0.371. The zero-order valence-corrected chi connectivity index (χ0v) is 4.76. The molecule has 2 unspecified atom stereocenters. The Hall–Kier alpha value is -0.0200. The molecule has 0 saturated carbocycles. The molecule has 7 heavy (non-hydrogen) atoms. The van der Waals surface area contributed by atoms with Crippen LogP contribution in [0.3, 0.4) is 0 Å². The average Bonchev–Trinajstić information content (AvgIpc) is 1.65. The van der Waals surface area contributed by atoms with Gasteiger partial charge in [-0.2, -0.15) is 4.89 Å². The van der Waals surface area contributed by atoms with E-state index in [-0.39, 0.29) is 0 Å². The number of nitrogens with two attached hydrogens (primary N) is 1. The van der Waals surface area contributed by atoms with Gasteiger partial charge in [-0.1, -0.05) is 0 Å². The third-order valence-electron chi connectivity index (χ3n) is 0.545. The SMILES string of the molecule is CC([NH2+][O-])[P+](=O)O. The van der Waals surface area contributed by atoms with E-state index in [1.165, 1.54) is 6.92 Å². The van der Waals surface area contributed by atoms with E-state index in [0.29, 0.717) is 5.48 Å². The van der Waals surface area contributed by atoms with E-state index in [4.69, 9.17) is 4.89 Å². The smallest absolute Gasteiger partial charge is 0.569 e. The van der Waals surface area contributed by atoms with Crippen LogP contribution in [0, 0.1) is 5.21 Å². The Morgan fingerprint density at radius 2 is 2.43 bits per heavy atom. The summed E-state index contributed by atoms with van der Waals surface area (Å²) in [5.41, 5.74) is 0.457. The van der Waals surface area contributed by atoms with Crippen LogP contribution in [0.5, 0.6) is 0 Å². The fourth-order valence-corrected chi connectivity index (χ4v) is 0.156. The van der Waals surface area contributed by atoms with Gasteiger partial charge in [0.2, 0.25) is 0 Å². The van der Waals surface area contributed by atoms with E-state index >= 15 is 0 Å². The van der Waals surface area contributed by atoms with Crippen LogP contribution in [-0.2, 0) is 4.57 Å². The van der Waals surface area contributed by atoms with Crippen LogP contribution in [0.2, 0.25) is 0 Å². The summed E-state index contributed by atoms with van der Waals surface area (Å²) in [7, 11) is -2.28. The highest BCUT2D eigenvalue weighted by Crippen LogP contribution is 2.14. The van der Waals surface area contributed by atoms with E-state index in [1.807, 2.05) is 0 Å². The van der Waals surface area contributed by atoms with Crippen molar-refractivity contribution in [1.82, 2.24) is 0 Å². The molecule has 0 amide bonds. The fraction of sp³-hybridized carbons (Fsp3) is 1.00. The van der Waals surface area contributed by atoms with Crippen molar-refractivity contribution in [2.75, 3.05) is 0 Å². The van der Waals surface area contributed by atoms with Gasteiger partial charge in [0.25, 0.3) is 0 Å². The molecule has 0 spiro atoms. The van der Waals surface area contributed by atoms with Crippen LogP contribution < -0.4 is 5.48 Å². The Morgan fingerprint density at radius 1 is 2.00 bits per heavy atom. The minimum atomic E-state index is -2.28. The van der Waals surface area contributed by atoms with Crippen molar-refractivity contribution >= 4 is 8.03 Å². The summed E-state index contributed by atoms with van der Waals surface area (Å²) in [5.74, 6) is -0.713. The van der Waals surface area contributed by atoms with Crippen molar-refractivity contribution in [3.05, 3.63) is 5.21 Å². The summed E-state index contributed by atoms with van der Waals surface area (Å²) >= 11 is 0. The molecule has 0 heterocycles. The van der Waals surface area contributed by atoms with Gasteiger partial charge >= 0.3 is 13.8 Å². The lowest BCUT2D eigenvalue weighted by atomic mass is 10.8. The van der Waals surface area contributed by atoms with Crippen molar-refractivity contribution in [3.63, 3.8) is 0 Å². The number of quaternary nitrogens is 1. The summed E-state index contributed by atoms with van der Waals surface area (Å²) in [5, 5.41) is 9.60. The van der Waals surface area contributed by atoms with Crippen LogP contribution in [0.4, 0.5) is 0 Å². The maximum absolute atomic E-state index is 9.85. The molecule has 0 aliphatic rings. The Labute approximate surface area is 42.0 Å². The summed E-state index contributed by atoms with van der Waals surface area (Å²) in [4.78, 5) is 8.10. The maximum Gasteiger partial charge on any atom is 0.569 e. The zero-order chi connectivity index (χ0) is 5.86. The normalized spacial score (nSPS) is 16.1. The van der Waals surface area contributed by atoms with E-state index < -0.39 is 13.8 Å². The van der Waals surface area contributed by atoms with E-state index in [2.05, 4.69) is 0 Å². The van der Waals surface area contributed by atoms with Crippen molar-refractivity contribution < 1.29 is 14.9 Å². The summed E-state index contributed by atoms with van der Waals surface area (Å²) < 4.78 is 9.85. The van der Waals surface area contributed by atoms with E-state index in [9.17, 15) is 9.77 Å². The van der Waals surface area contributed by atoms with Gasteiger partial charge in [-0.3, -0.25) is 0 Å². The lowest BCUT2D eigenvalue weighted by Gasteiger charge is -1.95. The molecule has 3 N–H and O–H groups in total. The highest BCUT2D eigenvalue weighted by atomic mass is 31.1. The molecule has 42 valence electrons. The number of hydroxylamine groups is 1. The molecule has 0 radical (unpaired) electrons. The molecule has 4 nitrogen and oxygen atoms in total. The molecule has 0 bridgehead atoms. The van der Waals surface area contributed by atoms with Crippen LogP contribution >= 0.6 is 8.03 Å². The molecular formula is C2H7NO3P+. The van der Waals surface area contributed by atoms with Gasteiger partial charge in [-0.15, -0.1) is 0 Å². The summed E-state index contributed by atoms with van der Waals surface area (Å²) in [6, 6.07) is 0. The van der Waals surface area contributed by atoms with Crippen LogP contribution in [0.25, 0.3) is 0 Å². The Kier molecular flexibility index (Phi) is 3.04. The van der Waals surface area contributed by atoms with Gasteiger partial charge < -0.3 is 10.7 Å². The molecule has 0 aromatic carbocycles. The summed E-state index contributed by atoms with van der Waals surface area (Å²) in [6.45, 7) is 1.39. The van der Waals surface area contributed by atoms with Gasteiger partial charge in [-0.05, 0) is 4.57 Å². The number of rotatable bonds is 2. The van der Waals surface area contributed by atoms with Crippen LogP contribution in [0.1, 0.15) is 6.92 Å². The molecule has 0 aromatic rings. The molecule has 0 aliphatic heterocycles. The molecule has 0 rings (SSSR count). The van der Waals surface area contributed by atoms with E-state index in [1.54, 1.807) is 0 Å². The monoisotopic (exact) mass is 124 g/mol. The molecule has 0 aromatic heterocycles. The largest absolute Gasteiger partial charge is 0.632 e. The molecule has 5 heteroatoms. The number of hydrogen-bond donors (Lipinski definition) is 2. The highest BCUT2D eigenvalue weighted by Gasteiger charge is 2.22. The fourth-order valence-electron chi connectivity index (χ4n) is 0.0521. The first-order valence-electron chi connectivity index (χ1n) is 1.79. The third-order valence-corrected chi connectivity index (χ3v) is 1.36. The van der Waals surface area contributed by atoms with Gasteiger partial charge in [0, 0.05) is 6.92 Å². The summed E-state index contributed by atoms with van der Waals surface area (Å²) in [6.07, 6.45) is 0. The van der Waals surface area contributed by atoms with Crippen molar-refractivity contribution in [1.29, 1.82) is 0 Å². The lowest BCUT2D eigenvalue weighted by molar-refractivity contribution is -0.602. The molecular weight excluding hydrogens is 117 g/mol. The van der Waals surface area contributed by atoms with Crippen molar-refractivity contribution in [3.8, 4) is 0 Å². The predicted octanol–water partition coefficient (Wildman–Crippen LogP) is -0.872. The first-order valence-corrected chi connectivity index (χ1v) is 3.07. The second kappa shape index (κ2) is 3.04. The van der Waals surface area contributed by atoms with Crippen LogP contribution in [0.15, 0.2) is 0 Å². The second-order valence-electron chi connectivity index (χ2n) is 1.18. The molecule has 0 saturated heterocycles. The molecule has 2 atom stereocenters. The van der Waals surface area contributed by atoms with Gasteiger partial charge in [0.1, 0.15) is 0 Å². The Morgan fingerprint density at radius 3 is 2.43 bits per heavy atom. The lowest BCUT2D eigenvalue weighted by Crippen LogP contribution is -2.81. The Balaban J connectivity index is 3.34. The van der Waals surface area contributed by atoms with Gasteiger partial charge in [0.05, 0.1) is 0 Å². The van der Waals surface area contributed by atoms with Crippen molar-refractivity contribution in [2.24, 2.45) is 0 Å². The second-order valence-corrected chi connectivity index (χ2v) is 2.60. The molecule has 0 fully saturated rings. The predicted molar refractivity (Wildman–Crippen MR) is 24.6 cm³/mol. The highest BCUT2D eigenvalue weighted by molar-refractivity contribution is 7.38. The topological polar surface area (TPSA) is 77.0 Å². The van der Waals surface area contributed by atoms with Crippen molar-refractivity contribution in [2.45, 2.75) is 12.7 Å². The van der Waals surface area contributed by atoms with E-state index in [0.717, 1.165) is 0 Å². The Bertz CT molecular complexity index is 75.3. The average molecular weight is 124 g/mol. The first kappa shape index (κ1) is 6.98. The zero-order valence-electron chi connectivity index (χ0n) is 3.87. The van der Waals surface area contributed by atoms with Gasteiger partial charge in [-0.25, -0.2) is 0 Å². The van der Waals surface area contributed by atoms with Gasteiger partial charge in [0.15, 0.2) is 0 Å². The first-order chi connectivity index (χ1) is 3.18. The standard InChI is InChI=1S/C2H6NO3P/c1-2(3-4)7(5)6/h2H,3H2,1H3/p+1.